The van der Waals surface area contributed by atoms with E-state index < -0.39 is 0 Å². The summed E-state index contributed by atoms with van der Waals surface area (Å²) in [6, 6.07) is 7.31. The van der Waals surface area contributed by atoms with Crippen LogP contribution in [0.4, 0.5) is 0 Å². The molecule has 0 saturated heterocycles. The van der Waals surface area contributed by atoms with E-state index in [4.69, 9.17) is 20.8 Å². The Morgan fingerprint density at radius 1 is 1.36 bits per heavy atom. The Bertz CT molecular complexity index is 442. The number of ether oxygens (including phenoxy) is 1. The molecule has 2 rings (SSSR count). The van der Waals surface area contributed by atoms with Crippen molar-refractivity contribution in [2.24, 2.45) is 0 Å². The number of methoxy groups -OCH3 is 1. The zero-order chi connectivity index (χ0) is 9.97. The molecule has 0 atom stereocenters. The predicted octanol–water partition coefficient (Wildman–Crippen LogP) is 2.40. The SMILES string of the molecule is COc1cccc(-c2nnc(Cl)o2)c1. The Morgan fingerprint density at radius 3 is 2.86 bits per heavy atom. The van der Waals surface area contributed by atoms with Crippen LogP contribution in [-0.4, -0.2) is 17.3 Å². The van der Waals surface area contributed by atoms with E-state index in [0.717, 1.165) is 11.3 Å². The van der Waals surface area contributed by atoms with Crippen molar-refractivity contribution in [3.63, 3.8) is 0 Å². The van der Waals surface area contributed by atoms with E-state index in [1.165, 1.54) is 0 Å². The minimum absolute atomic E-state index is 0.0304. The maximum absolute atomic E-state index is 5.51. The highest BCUT2D eigenvalue weighted by atomic mass is 35.5. The predicted molar refractivity (Wildman–Crippen MR) is 51.3 cm³/mol. The standard InChI is InChI=1S/C9H7ClN2O2/c1-13-7-4-2-3-6(5-7)8-11-12-9(10)14-8/h2-5H,1H3. The van der Waals surface area contributed by atoms with E-state index in [0.29, 0.717) is 5.89 Å². The number of benzene rings is 1. The molecule has 0 saturated carbocycles. The van der Waals surface area contributed by atoms with Gasteiger partial charge in [0.05, 0.1) is 7.11 Å². The number of nitrogens with zero attached hydrogens (tertiary/aromatic N) is 2. The van der Waals surface area contributed by atoms with Crippen molar-refractivity contribution < 1.29 is 9.15 Å². The third-order valence-electron chi connectivity index (χ3n) is 1.72. The second kappa shape index (κ2) is 3.67. The van der Waals surface area contributed by atoms with Gasteiger partial charge in [-0.3, -0.25) is 0 Å². The van der Waals surface area contributed by atoms with Crippen molar-refractivity contribution >= 4 is 11.6 Å². The Kier molecular flexibility index (Phi) is 2.37. The van der Waals surface area contributed by atoms with Crippen molar-refractivity contribution in [2.45, 2.75) is 0 Å². The van der Waals surface area contributed by atoms with Crippen molar-refractivity contribution in [1.29, 1.82) is 0 Å². The summed E-state index contributed by atoms with van der Waals surface area (Å²) in [5.41, 5.74) is 0.781. The zero-order valence-electron chi connectivity index (χ0n) is 7.40. The third-order valence-corrected chi connectivity index (χ3v) is 1.87. The maximum Gasteiger partial charge on any atom is 0.313 e. The fraction of sp³-hybridized carbons (Fsp3) is 0.111. The molecule has 0 aliphatic carbocycles. The van der Waals surface area contributed by atoms with Gasteiger partial charge < -0.3 is 9.15 Å². The minimum Gasteiger partial charge on any atom is -0.497 e. The topological polar surface area (TPSA) is 48.2 Å². The molecule has 72 valence electrons. The average molecular weight is 211 g/mol. The van der Waals surface area contributed by atoms with Gasteiger partial charge in [0.15, 0.2) is 0 Å². The van der Waals surface area contributed by atoms with Gasteiger partial charge in [-0.25, -0.2) is 0 Å². The van der Waals surface area contributed by atoms with Gasteiger partial charge in [-0.1, -0.05) is 11.2 Å². The van der Waals surface area contributed by atoms with E-state index in [1.54, 1.807) is 13.2 Å². The molecule has 0 unspecified atom stereocenters. The molecule has 4 nitrogen and oxygen atoms in total. The first-order valence-electron chi connectivity index (χ1n) is 3.93. The number of hydrogen-bond acceptors (Lipinski definition) is 4. The van der Waals surface area contributed by atoms with Crippen LogP contribution < -0.4 is 4.74 Å². The largest absolute Gasteiger partial charge is 0.497 e. The molecule has 0 bridgehead atoms. The summed E-state index contributed by atoms with van der Waals surface area (Å²) in [4.78, 5) is 0. The number of aromatic nitrogens is 2. The number of hydrogen-bond donors (Lipinski definition) is 0. The van der Waals surface area contributed by atoms with Gasteiger partial charge in [-0.05, 0) is 29.8 Å². The lowest BCUT2D eigenvalue weighted by atomic mass is 10.2. The van der Waals surface area contributed by atoms with Gasteiger partial charge in [-0.15, -0.1) is 5.10 Å². The molecule has 1 aromatic heterocycles. The number of halogens is 1. The lowest BCUT2D eigenvalue weighted by Crippen LogP contribution is -1.83. The van der Waals surface area contributed by atoms with Crippen molar-refractivity contribution in [2.75, 3.05) is 7.11 Å². The van der Waals surface area contributed by atoms with Crippen LogP contribution in [0, 0.1) is 0 Å². The fourth-order valence-corrected chi connectivity index (χ4v) is 1.19. The second-order valence-electron chi connectivity index (χ2n) is 2.59. The molecule has 0 spiro atoms. The summed E-state index contributed by atoms with van der Waals surface area (Å²) in [5.74, 6) is 1.12. The van der Waals surface area contributed by atoms with E-state index >= 15 is 0 Å². The molecule has 0 amide bonds. The molecule has 0 aliphatic rings. The highest BCUT2D eigenvalue weighted by molar-refractivity contribution is 6.27. The lowest BCUT2D eigenvalue weighted by molar-refractivity contribution is 0.414. The Morgan fingerprint density at radius 2 is 2.21 bits per heavy atom. The Balaban J connectivity index is 2.41. The molecule has 2 aromatic rings. The molecular weight excluding hydrogens is 204 g/mol. The summed E-state index contributed by atoms with van der Waals surface area (Å²) in [6.45, 7) is 0. The van der Waals surface area contributed by atoms with Gasteiger partial charge in [0.2, 0.25) is 5.89 Å². The second-order valence-corrected chi connectivity index (χ2v) is 2.92. The van der Waals surface area contributed by atoms with Crippen LogP contribution in [0.2, 0.25) is 5.35 Å². The minimum atomic E-state index is 0.0304. The van der Waals surface area contributed by atoms with Gasteiger partial charge in [0.1, 0.15) is 5.75 Å². The fourth-order valence-electron chi connectivity index (χ4n) is 1.08. The summed E-state index contributed by atoms with van der Waals surface area (Å²) >= 11 is 5.51. The van der Waals surface area contributed by atoms with E-state index in [1.807, 2.05) is 18.2 Å². The van der Waals surface area contributed by atoms with Crippen molar-refractivity contribution in [3.05, 3.63) is 29.6 Å². The van der Waals surface area contributed by atoms with Gasteiger partial charge in [0, 0.05) is 5.56 Å². The van der Waals surface area contributed by atoms with Crippen LogP contribution in [0.5, 0.6) is 5.75 Å². The van der Waals surface area contributed by atoms with Gasteiger partial charge in [0.25, 0.3) is 0 Å². The highest BCUT2D eigenvalue weighted by Crippen LogP contribution is 2.23. The summed E-state index contributed by atoms with van der Waals surface area (Å²) < 4.78 is 10.1. The molecule has 0 radical (unpaired) electrons. The Labute approximate surface area is 85.5 Å². The quantitative estimate of drug-likeness (QED) is 0.764. The van der Waals surface area contributed by atoms with Gasteiger partial charge >= 0.3 is 5.35 Å². The van der Waals surface area contributed by atoms with E-state index in [-0.39, 0.29) is 5.35 Å². The van der Waals surface area contributed by atoms with Crippen LogP contribution in [0.25, 0.3) is 11.5 Å². The maximum atomic E-state index is 5.51. The van der Waals surface area contributed by atoms with Crippen LogP contribution in [0.1, 0.15) is 0 Å². The first-order valence-corrected chi connectivity index (χ1v) is 4.31. The summed E-state index contributed by atoms with van der Waals surface area (Å²) in [7, 11) is 1.60. The summed E-state index contributed by atoms with van der Waals surface area (Å²) in [6.07, 6.45) is 0. The smallest absolute Gasteiger partial charge is 0.313 e. The van der Waals surface area contributed by atoms with Gasteiger partial charge in [-0.2, -0.15) is 0 Å². The molecule has 14 heavy (non-hydrogen) atoms. The monoisotopic (exact) mass is 210 g/mol. The molecular formula is C9H7ClN2O2. The zero-order valence-corrected chi connectivity index (χ0v) is 8.15. The van der Waals surface area contributed by atoms with Crippen molar-refractivity contribution in [3.8, 4) is 17.2 Å². The van der Waals surface area contributed by atoms with E-state index in [2.05, 4.69) is 10.2 Å². The van der Waals surface area contributed by atoms with Crippen LogP contribution in [0.3, 0.4) is 0 Å². The summed E-state index contributed by atoms with van der Waals surface area (Å²) in [5, 5.41) is 7.34. The van der Waals surface area contributed by atoms with Crippen molar-refractivity contribution in [1.82, 2.24) is 10.2 Å². The van der Waals surface area contributed by atoms with E-state index in [9.17, 15) is 0 Å². The van der Waals surface area contributed by atoms with Crippen LogP contribution in [0.15, 0.2) is 28.7 Å². The number of rotatable bonds is 2. The highest BCUT2D eigenvalue weighted by Gasteiger charge is 2.06. The molecule has 0 N–H and O–H groups in total. The lowest BCUT2D eigenvalue weighted by Gasteiger charge is -1.99. The molecule has 1 heterocycles. The molecule has 1 aromatic carbocycles. The Hall–Kier alpha value is -1.55. The molecule has 5 heteroatoms. The van der Waals surface area contributed by atoms with Crippen LogP contribution in [-0.2, 0) is 0 Å². The average Bonchev–Trinajstić information content (AvgIpc) is 2.65. The van der Waals surface area contributed by atoms with Crippen LogP contribution >= 0.6 is 11.6 Å². The normalized spacial score (nSPS) is 10.1. The molecule has 0 fully saturated rings. The molecule has 0 aliphatic heterocycles. The first-order chi connectivity index (χ1) is 6.79. The third kappa shape index (κ3) is 1.70. The first kappa shape index (κ1) is 9.02.